The second-order valence-electron chi connectivity index (χ2n) is 6.46. The molecule has 1 aromatic heterocycles. The van der Waals surface area contributed by atoms with Crippen LogP contribution >= 0.6 is 0 Å². The molecule has 1 aliphatic rings. The summed E-state index contributed by atoms with van der Waals surface area (Å²) in [7, 11) is 0. The molecule has 1 fully saturated rings. The van der Waals surface area contributed by atoms with Crippen LogP contribution in [0.3, 0.4) is 0 Å². The summed E-state index contributed by atoms with van der Waals surface area (Å²) < 4.78 is 0. The Hall–Kier alpha value is -3.94. The molecule has 3 aromatic rings. The summed E-state index contributed by atoms with van der Waals surface area (Å²) in [6, 6.07) is 13.4. The van der Waals surface area contributed by atoms with Crippen molar-refractivity contribution in [1.29, 1.82) is 0 Å². The van der Waals surface area contributed by atoms with Gasteiger partial charge < -0.3 is 15.6 Å². The zero-order valence-electron chi connectivity index (χ0n) is 14.6. The summed E-state index contributed by atoms with van der Waals surface area (Å²) in [5.74, 6) is -0.766. The largest absolute Gasteiger partial charge is 0.360 e. The zero-order valence-corrected chi connectivity index (χ0v) is 14.6. The molecule has 28 heavy (non-hydrogen) atoms. The molecule has 0 aliphatic carbocycles. The summed E-state index contributed by atoms with van der Waals surface area (Å²) in [5.41, 5.74) is 1.94. The number of carbonyl (C=O) groups excluding carboxylic acids is 2. The van der Waals surface area contributed by atoms with Gasteiger partial charge in [0.15, 0.2) is 0 Å². The van der Waals surface area contributed by atoms with Gasteiger partial charge in [0.05, 0.1) is 15.8 Å². The number of hydrogen-bond donors (Lipinski definition) is 3. The number of rotatable bonds is 4. The average Bonchev–Trinajstić information content (AvgIpc) is 3.09. The topological polar surface area (TPSA) is 117 Å². The molecule has 0 radical (unpaired) electrons. The molecule has 0 spiro atoms. The van der Waals surface area contributed by atoms with Crippen molar-refractivity contribution in [3.05, 3.63) is 81.7 Å². The molecule has 0 saturated carbocycles. The quantitative estimate of drug-likeness (QED) is 0.368. The number of nitrogens with zero attached hydrogens (tertiary/aromatic N) is 1. The number of benzene rings is 2. The summed E-state index contributed by atoms with van der Waals surface area (Å²) in [4.78, 5) is 38.7. The van der Waals surface area contributed by atoms with Gasteiger partial charge in [0, 0.05) is 24.2 Å². The fourth-order valence-electron chi connectivity index (χ4n) is 3.29. The molecule has 0 unspecified atom stereocenters. The summed E-state index contributed by atoms with van der Waals surface area (Å²) in [6.45, 7) is 0. The molecule has 2 amide bonds. The normalized spacial score (nSPS) is 18.1. The van der Waals surface area contributed by atoms with Crippen LogP contribution in [0.2, 0.25) is 0 Å². The van der Waals surface area contributed by atoms with E-state index in [1.807, 2.05) is 30.3 Å². The van der Waals surface area contributed by atoms with E-state index in [1.165, 1.54) is 12.1 Å². The standard InChI is InChI=1S/C20H16N4O4/c25-19-15(9-12-5-2-1-3-6-12)22-20(26)16(23-19)10-13-11-21-14-7-4-8-17(18(13)14)24(27)28/h1-8,10-11,15,21H,9H2,(H,22,26)(H,23,25)/b16-10-/t15-/m0/s1. The van der Waals surface area contributed by atoms with E-state index in [0.717, 1.165) is 5.56 Å². The Labute approximate surface area is 159 Å². The Bertz CT molecular complexity index is 1120. The number of hydrogen-bond acceptors (Lipinski definition) is 4. The van der Waals surface area contributed by atoms with E-state index in [4.69, 9.17) is 0 Å². The highest BCUT2D eigenvalue weighted by Crippen LogP contribution is 2.29. The third-order valence-corrected chi connectivity index (χ3v) is 4.62. The number of amides is 2. The van der Waals surface area contributed by atoms with Crippen molar-refractivity contribution < 1.29 is 14.5 Å². The number of nitro groups is 1. The van der Waals surface area contributed by atoms with Crippen molar-refractivity contribution in [1.82, 2.24) is 15.6 Å². The first kappa shape index (κ1) is 17.5. The minimum absolute atomic E-state index is 0.0494. The molecule has 0 bridgehead atoms. The monoisotopic (exact) mass is 376 g/mol. The number of carbonyl (C=O) groups is 2. The van der Waals surface area contributed by atoms with Crippen molar-refractivity contribution in [3.8, 4) is 0 Å². The Balaban J connectivity index is 1.62. The van der Waals surface area contributed by atoms with E-state index in [9.17, 15) is 19.7 Å². The molecule has 4 rings (SSSR count). The molecule has 1 aliphatic heterocycles. The molecule has 140 valence electrons. The maximum absolute atomic E-state index is 12.5. The lowest BCUT2D eigenvalue weighted by Gasteiger charge is -2.25. The fraction of sp³-hybridized carbons (Fsp3) is 0.100. The highest BCUT2D eigenvalue weighted by molar-refractivity contribution is 6.09. The smallest absolute Gasteiger partial charge is 0.279 e. The highest BCUT2D eigenvalue weighted by Gasteiger charge is 2.30. The molecular weight excluding hydrogens is 360 g/mol. The number of fused-ring (bicyclic) bond motifs is 1. The van der Waals surface area contributed by atoms with Crippen LogP contribution in [0.1, 0.15) is 11.1 Å². The number of aromatic nitrogens is 1. The predicted molar refractivity (Wildman–Crippen MR) is 103 cm³/mol. The fourth-order valence-corrected chi connectivity index (χ4v) is 3.29. The zero-order chi connectivity index (χ0) is 19.7. The van der Waals surface area contributed by atoms with Crippen molar-refractivity contribution in [3.63, 3.8) is 0 Å². The average molecular weight is 376 g/mol. The van der Waals surface area contributed by atoms with Crippen LogP contribution in [0, 0.1) is 10.1 Å². The summed E-state index contributed by atoms with van der Waals surface area (Å²) >= 11 is 0. The van der Waals surface area contributed by atoms with E-state index in [-0.39, 0.29) is 17.3 Å². The van der Waals surface area contributed by atoms with Crippen LogP contribution in [0.25, 0.3) is 17.0 Å². The van der Waals surface area contributed by atoms with E-state index in [0.29, 0.717) is 22.9 Å². The summed E-state index contributed by atoms with van der Waals surface area (Å²) in [5, 5.41) is 17.0. The minimum Gasteiger partial charge on any atom is -0.360 e. The third-order valence-electron chi connectivity index (χ3n) is 4.62. The SMILES string of the molecule is O=C1N[C@@H](Cc2ccccc2)C(=O)N/C1=C\c1c[nH]c2cccc([N+](=O)[O-])c12. The number of nitrogens with one attached hydrogen (secondary N) is 3. The van der Waals surface area contributed by atoms with Gasteiger partial charge in [-0.05, 0) is 17.7 Å². The van der Waals surface area contributed by atoms with Gasteiger partial charge in [-0.15, -0.1) is 0 Å². The highest BCUT2D eigenvalue weighted by atomic mass is 16.6. The van der Waals surface area contributed by atoms with Gasteiger partial charge in [0.25, 0.3) is 11.6 Å². The molecule has 2 aromatic carbocycles. The van der Waals surface area contributed by atoms with Crippen LogP contribution in [0.15, 0.2) is 60.4 Å². The molecule has 2 heterocycles. The second-order valence-corrected chi connectivity index (χ2v) is 6.46. The summed E-state index contributed by atoms with van der Waals surface area (Å²) in [6.07, 6.45) is 3.39. The number of nitro benzene ring substituents is 1. The minimum atomic E-state index is -0.677. The number of H-pyrrole nitrogens is 1. The maximum Gasteiger partial charge on any atom is 0.279 e. The van der Waals surface area contributed by atoms with Gasteiger partial charge >= 0.3 is 0 Å². The second kappa shape index (κ2) is 6.99. The van der Waals surface area contributed by atoms with Crippen molar-refractivity contribution >= 4 is 34.5 Å². The van der Waals surface area contributed by atoms with Crippen LogP contribution in [-0.4, -0.2) is 27.8 Å². The molecule has 3 N–H and O–H groups in total. The first-order chi connectivity index (χ1) is 13.5. The van der Waals surface area contributed by atoms with Gasteiger partial charge in [-0.1, -0.05) is 36.4 Å². The predicted octanol–water partition coefficient (Wildman–Crippen LogP) is 2.27. The number of non-ortho nitro benzene ring substituents is 1. The van der Waals surface area contributed by atoms with Gasteiger partial charge in [0.1, 0.15) is 11.7 Å². The van der Waals surface area contributed by atoms with Crippen molar-refractivity contribution in [2.45, 2.75) is 12.5 Å². The van der Waals surface area contributed by atoms with E-state index < -0.39 is 16.9 Å². The molecular formula is C20H16N4O4. The van der Waals surface area contributed by atoms with Gasteiger partial charge in [-0.25, -0.2) is 0 Å². The van der Waals surface area contributed by atoms with Crippen molar-refractivity contribution in [2.75, 3.05) is 0 Å². The van der Waals surface area contributed by atoms with Crippen LogP contribution < -0.4 is 10.6 Å². The van der Waals surface area contributed by atoms with E-state index in [2.05, 4.69) is 15.6 Å². The Morgan fingerprint density at radius 3 is 2.61 bits per heavy atom. The first-order valence-corrected chi connectivity index (χ1v) is 8.65. The Morgan fingerprint density at radius 1 is 1.07 bits per heavy atom. The molecule has 8 heteroatoms. The molecule has 1 saturated heterocycles. The Kier molecular flexibility index (Phi) is 4.36. The van der Waals surface area contributed by atoms with Gasteiger partial charge in [0.2, 0.25) is 5.91 Å². The lowest BCUT2D eigenvalue weighted by atomic mass is 10.0. The van der Waals surface area contributed by atoms with Crippen LogP contribution in [0.5, 0.6) is 0 Å². The van der Waals surface area contributed by atoms with Crippen LogP contribution in [0.4, 0.5) is 5.69 Å². The van der Waals surface area contributed by atoms with Gasteiger partial charge in [-0.3, -0.25) is 19.7 Å². The lowest BCUT2D eigenvalue weighted by Crippen LogP contribution is -2.55. The van der Waals surface area contributed by atoms with Crippen molar-refractivity contribution in [2.24, 2.45) is 0 Å². The number of aromatic amines is 1. The third kappa shape index (κ3) is 3.23. The van der Waals surface area contributed by atoms with E-state index >= 15 is 0 Å². The Morgan fingerprint density at radius 2 is 1.86 bits per heavy atom. The van der Waals surface area contributed by atoms with Gasteiger partial charge in [-0.2, -0.15) is 0 Å². The molecule has 1 atom stereocenters. The molecule has 8 nitrogen and oxygen atoms in total. The maximum atomic E-state index is 12.5. The lowest BCUT2D eigenvalue weighted by molar-refractivity contribution is -0.383. The number of piperazine rings is 1. The van der Waals surface area contributed by atoms with Crippen LogP contribution in [-0.2, 0) is 16.0 Å². The first-order valence-electron chi connectivity index (χ1n) is 8.65. The van der Waals surface area contributed by atoms with E-state index in [1.54, 1.807) is 18.3 Å².